The van der Waals surface area contributed by atoms with Crippen LogP contribution in [-0.2, 0) is 11.8 Å². The molecule has 0 unspecified atom stereocenters. The van der Waals surface area contributed by atoms with E-state index in [1.807, 2.05) is 6.07 Å². The zero-order valence-electron chi connectivity index (χ0n) is 15.4. The summed E-state index contributed by atoms with van der Waals surface area (Å²) in [5.74, 6) is 2.41. The Morgan fingerprint density at radius 1 is 1.27 bits per heavy atom. The normalized spacial score (nSPS) is 32.3. The van der Waals surface area contributed by atoms with Crippen LogP contribution in [0.25, 0.3) is 0 Å². The van der Waals surface area contributed by atoms with Gasteiger partial charge in [0.25, 0.3) is 0 Å². The summed E-state index contributed by atoms with van der Waals surface area (Å²) >= 11 is 0. The molecule has 1 aromatic carbocycles. The number of rotatable bonds is 5. The van der Waals surface area contributed by atoms with E-state index in [9.17, 15) is 0 Å². The van der Waals surface area contributed by atoms with Crippen molar-refractivity contribution in [1.82, 2.24) is 0 Å². The van der Waals surface area contributed by atoms with Gasteiger partial charge in [-0.05, 0) is 85.3 Å². The van der Waals surface area contributed by atoms with Crippen LogP contribution in [0.4, 0.5) is 5.69 Å². The van der Waals surface area contributed by atoms with Gasteiger partial charge in [0.15, 0.2) is 5.84 Å². The highest BCUT2D eigenvalue weighted by molar-refractivity contribution is 6.45. The van der Waals surface area contributed by atoms with Crippen LogP contribution in [0.5, 0.6) is 0 Å². The fraction of sp³-hybridized carbons (Fsp3) is 0.571. The molecule has 0 radical (unpaired) electrons. The molecule has 5 nitrogen and oxygen atoms in total. The summed E-state index contributed by atoms with van der Waals surface area (Å²) in [6, 6.07) is 8.63. The number of nitrogens with one attached hydrogen (secondary N) is 2. The molecule has 5 heteroatoms. The quantitative estimate of drug-likeness (QED) is 0.426. The fourth-order valence-corrected chi connectivity index (χ4v) is 6.04. The van der Waals surface area contributed by atoms with Crippen molar-refractivity contribution < 1.29 is 0 Å². The van der Waals surface area contributed by atoms with Crippen molar-refractivity contribution in [2.45, 2.75) is 57.3 Å². The van der Waals surface area contributed by atoms with E-state index in [1.165, 1.54) is 49.7 Å². The van der Waals surface area contributed by atoms with Crippen molar-refractivity contribution in [3.8, 4) is 6.07 Å². The van der Waals surface area contributed by atoms with Crippen molar-refractivity contribution in [2.24, 2.45) is 28.6 Å². The largest absolute Gasteiger partial charge is 0.382 e. The Labute approximate surface area is 155 Å². The van der Waals surface area contributed by atoms with E-state index in [-0.39, 0.29) is 11.5 Å². The molecule has 5 rings (SSSR count). The van der Waals surface area contributed by atoms with Gasteiger partial charge in [-0.15, -0.1) is 0 Å². The van der Waals surface area contributed by atoms with E-state index in [1.54, 1.807) is 0 Å². The van der Waals surface area contributed by atoms with Crippen LogP contribution >= 0.6 is 0 Å². The Hall–Kier alpha value is -2.35. The molecule has 4 N–H and O–H groups in total. The maximum absolute atomic E-state index is 9.07. The average molecular weight is 349 g/mol. The number of nitriles is 1. The molecule has 0 amide bonds. The molecule has 4 bridgehead atoms. The lowest BCUT2D eigenvalue weighted by Gasteiger charge is -2.57. The number of hydrazone groups is 1. The van der Waals surface area contributed by atoms with Crippen molar-refractivity contribution >= 4 is 17.2 Å². The van der Waals surface area contributed by atoms with Gasteiger partial charge in [-0.1, -0.05) is 19.1 Å². The second kappa shape index (κ2) is 6.42. The Morgan fingerprint density at radius 3 is 2.38 bits per heavy atom. The highest BCUT2D eigenvalue weighted by Gasteiger charge is 2.51. The molecule has 0 aromatic heterocycles. The van der Waals surface area contributed by atoms with Crippen LogP contribution in [0.3, 0.4) is 0 Å². The Morgan fingerprint density at radius 2 is 1.88 bits per heavy atom. The summed E-state index contributed by atoms with van der Waals surface area (Å²) < 4.78 is 0. The Balaban J connectivity index is 1.67. The predicted molar refractivity (Wildman–Crippen MR) is 104 cm³/mol. The standard InChI is InChI=1S/C21H27N5/c1-2-16-3-4-17(8-18(16)25-26-19(12-22)20(23)24)21-9-13-5-14(10-21)7-15(6-13)11-21/h3-4,8,13-15,25H,2,5-7,9-11H2,1H3,(H3,23,24)/b26-19+. The summed E-state index contributed by atoms with van der Waals surface area (Å²) in [6.07, 6.45) is 9.17. The number of nitrogens with two attached hydrogens (primary N) is 1. The van der Waals surface area contributed by atoms with Crippen molar-refractivity contribution in [3.63, 3.8) is 0 Å². The van der Waals surface area contributed by atoms with Crippen molar-refractivity contribution in [3.05, 3.63) is 29.3 Å². The fourth-order valence-electron chi connectivity index (χ4n) is 6.04. The third-order valence-corrected chi connectivity index (χ3v) is 6.79. The number of hydrogen-bond acceptors (Lipinski definition) is 4. The van der Waals surface area contributed by atoms with Crippen LogP contribution < -0.4 is 11.2 Å². The second-order valence-electron chi connectivity index (χ2n) is 8.52. The van der Waals surface area contributed by atoms with E-state index in [0.29, 0.717) is 5.41 Å². The highest BCUT2D eigenvalue weighted by Crippen LogP contribution is 2.60. The minimum absolute atomic E-state index is 0.0766. The first kappa shape index (κ1) is 17.1. The molecule has 4 aliphatic rings. The number of nitrogens with zero attached hydrogens (tertiary/aromatic N) is 2. The predicted octanol–water partition coefficient (Wildman–Crippen LogP) is 3.94. The highest BCUT2D eigenvalue weighted by atomic mass is 15.3. The van der Waals surface area contributed by atoms with Crippen LogP contribution in [0.1, 0.15) is 56.6 Å². The Kier molecular flexibility index (Phi) is 4.22. The van der Waals surface area contributed by atoms with E-state index in [2.05, 4.69) is 35.7 Å². The summed E-state index contributed by atoms with van der Waals surface area (Å²) in [5, 5.41) is 20.6. The van der Waals surface area contributed by atoms with Gasteiger partial charge < -0.3 is 5.73 Å². The molecule has 0 saturated heterocycles. The number of hydrogen-bond donors (Lipinski definition) is 3. The molecule has 0 heterocycles. The smallest absolute Gasteiger partial charge is 0.201 e. The summed E-state index contributed by atoms with van der Waals surface area (Å²) in [7, 11) is 0. The van der Waals surface area contributed by atoms with Gasteiger partial charge in [-0.3, -0.25) is 10.8 Å². The first-order valence-electron chi connectivity index (χ1n) is 9.74. The van der Waals surface area contributed by atoms with E-state index >= 15 is 0 Å². The van der Waals surface area contributed by atoms with E-state index < -0.39 is 0 Å². The van der Waals surface area contributed by atoms with Crippen LogP contribution in [0.15, 0.2) is 23.3 Å². The van der Waals surface area contributed by atoms with Gasteiger partial charge in [0.05, 0.1) is 5.69 Å². The van der Waals surface area contributed by atoms with Gasteiger partial charge in [0.1, 0.15) is 6.07 Å². The SMILES string of the molecule is CCc1ccc(C23CC4CC(CC(C4)C2)C3)cc1N/N=C(\C#N)C(=N)N. The lowest BCUT2D eigenvalue weighted by atomic mass is 9.48. The molecule has 0 atom stereocenters. The second-order valence-corrected chi connectivity index (χ2v) is 8.52. The average Bonchev–Trinajstić information content (AvgIpc) is 2.60. The molecule has 136 valence electrons. The maximum Gasteiger partial charge on any atom is 0.201 e. The molecule has 1 aromatic rings. The molecule has 26 heavy (non-hydrogen) atoms. The molecule has 4 saturated carbocycles. The van der Waals surface area contributed by atoms with Gasteiger partial charge in [-0.2, -0.15) is 10.4 Å². The lowest BCUT2D eigenvalue weighted by Crippen LogP contribution is -2.48. The molecular weight excluding hydrogens is 322 g/mol. The molecule has 0 spiro atoms. The van der Waals surface area contributed by atoms with Crippen LogP contribution in [0.2, 0.25) is 0 Å². The minimum Gasteiger partial charge on any atom is -0.382 e. The number of aryl methyl sites for hydroxylation is 1. The van der Waals surface area contributed by atoms with Crippen LogP contribution in [0, 0.1) is 34.5 Å². The minimum atomic E-state index is -0.310. The van der Waals surface area contributed by atoms with Crippen molar-refractivity contribution in [1.29, 1.82) is 10.7 Å². The zero-order valence-corrected chi connectivity index (χ0v) is 15.4. The van der Waals surface area contributed by atoms with E-state index in [4.69, 9.17) is 16.4 Å². The summed E-state index contributed by atoms with van der Waals surface area (Å²) in [4.78, 5) is 0. The number of amidine groups is 1. The third-order valence-electron chi connectivity index (χ3n) is 6.79. The van der Waals surface area contributed by atoms with Gasteiger partial charge in [0, 0.05) is 0 Å². The van der Waals surface area contributed by atoms with Crippen LogP contribution in [-0.4, -0.2) is 11.5 Å². The monoisotopic (exact) mass is 349 g/mol. The Bertz CT molecular complexity index is 766. The molecular formula is C21H27N5. The topological polar surface area (TPSA) is 98.0 Å². The third kappa shape index (κ3) is 2.88. The number of benzene rings is 1. The summed E-state index contributed by atoms with van der Waals surface area (Å²) in [6.45, 7) is 2.12. The molecule has 4 aliphatic carbocycles. The van der Waals surface area contributed by atoms with Gasteiger partial charge in [0.2, 0.25) is 5.71 Å². The molecule has 0 aliphatic heterocycles. The molecule has 4 fully saturated rings. The van der Waals surface area contributed by atoms with E-state index in [0.717, 1.165) is 29.9 Å². The number of anilines is 1. The summed E-state index contributed by atoms with van der Waals surface area (Å²) in [5.41, 5.74) is 12.2. The zero-order chi connectivity index (χ0) is 18.3. The maximum atomic E-state index is 9.07. The van der Waals surface area contributed by atoms with Gasteiger partial charge in [-0.25, -0.2) is 0 Å². The van der Waals surface area contributed by atoms with Gasteiger partial charge >= 0.3 is 0 Å². The first-order valence-corrected chi connectivity index (χ1v) is 9.74. The lowest BCUT2D eigenvalue weighted by molar-refractivity contribution is -0.00517. The first-order chi connectivity index (χ1) is 12.5. The van der Waals surface area contributed by atoms with Crippen molar-refractivity contribution in [2.75, 3.05) is 5.43 Å².